The molecule has 1 unspecified atom stereocenters. The minimum Gasteiger partial charge on any atom is -0.368 e. The lowest BCUT2D eigenvalue weighted by Crippen LogP contribution is -2.53. The standard InChI is InChI=1S/C14H27N3O2/c1-3-5-9-17(10-12(15)18)13(19)14(4-2)7-6-8-16-11-14/h16H,3-11H2,1-2H3,(H2,15,18). The lowest BCUT2D eigenvalue weighted by Gasteiger charge is -2.39. The van der Waals surface area contributed by atoms with Crippen molar-refractivity contribution in [3.05, 3.63) is 0 Å². The first-order valence-corrected chi connectivity index (χ1v) is 7.34. The largest absolute Gasteiger partial charge is 0.368 e. The summed E-state index contributed by atoms with van der Waals surface area (Å²) < 4.78 is 0. The third-order valence-corrected chi connectivity index (χ3v) is 4.02. The summed E-state index contributed by atoms with van der Waals surface area (Å²) in [6.45, 7) is 6.47. The molecule has 1 atom stereocenters. The molecule has 1 heterocycles. The maximum atomic E-state index is 12.8. The highest BCUT2D eigenvalue weighted by atomic mass is 16.2. The Bertz CT molecular complexity index is 312. The molecule has 0 aromatic carbocycles. The summed E-state index contributed by atoms with van der Waals surface area (Å²) in [4.78, 5) is 25.6. The predicted octanol–water partition coefficient (Wildman–Crippen LogP) is 0.880. The SMILES string of the molecule is CCCCN(CC(N)=O)C(=O)C1(CC)CCCNC1. The fourth-order valence-corrected chi connectivity index (χ4v) is 2.73. The topological polar surface area (TPSA) is 75.4 Å². The molecule has 1 saturated heterocycles. The highest BCUT2D eigenvalue weighted by Gasteiger charge is 2.40. The van der Waals surface area contributed by atoms with Crippen LogP contribution in [-0.2, 0) is 9.59 Å². The number of nitrogens with one attached hydrogen (secondary N) is 1. The molecule has 5 heteroatoms. The summed E-state index contributed by atoms with van der Waals surface area (Å²) in [5.41, 5.74) is 4.92. The Kier molecular flexibility index (Phi) is 6.28. The Morgan fingerprint density at radius 1 is 1.37 bits per heavy atom. The van der Waals surface area contributed by atoms with Crippen LogP contribution in [0.15, 0.2) is 0 Å². The second-order valence-corrected chi connectivity index (χ2v) is 5.46. The van der Waals surface area contributed by atoms with Crippen LogP contribution in [0.25, 0.3) is 0 Å². The Morgan fingerprint density at radius 2 is 2.11 bits per heavy atom. The first-order chi connectivity index (χ1) is 9.05. The van der Waals surface area contributed by atoms with Crippen molar-refractivity contribution in [3.8, 4) is 0 Å². The first kappa shape index (κ1) is 16.0. The number of primary amides is 1. The van der Waals surface area contributed by atoms with Gasteiger partial charge in [-0.25, -0.2) is 0 Å². The number of unbranched alkanes of at least 4 members (excludes halogenated alkanes) is 1. The number of hydrogen-bond acceptors (Lipinski definition) is 3. The molecule has 0 bridgehead atoms. The number of nitrogens with two attached hydrogens (primary N) is 1. The molecule has 2 amide bonds. The number of carbonyl (C=O) groups is 2. The average molecular weight is 269 g/mol. The molecule has 0 aliphatic carbocycles. The highest BCUT2D eigenvalue weighted by molar-refractivity contribution is 5.87. The van der Waals surface area contributed by atoms with Crippen LogP contribution in [0.2, 0.25) is 0 Å². The van der Waals surface area contributed by atoms with Gasteiger partial charge >= 0.3 is 0 Å². The van der Waals surface area contributed by atoms with Crippen molar-refractivity contribution in [3.63, 3.8) is 0 Å². The molecule has 0 saturated carbocycles. The average Bonchev–Trinajstić information content (AvgIpc) is 2.43. The van der Waals surface area contributed by atoms with Gasteiger partial charge in [-0.05, 0) is 32.2 Å². The van der Waals surface area contributed by atoms with Gasteiger partial charge in [-0.1, -0.05) is 20.3 Å². The van der Waals surface area contributed by atoms with Gasteiger partial charge in [-0.15, -0.1) is 0 Å². The van der Waals surface area contributed by atoms with E-state index in [-0.39, 0.29) is 17.9 Å². The van der Waals surface area contributed by atoms with Crippen LogP contribution in [0.4, 0.5) is 0 Å². The van der Waals surface area contributed by atoms with Gasteiger partial charge in [-0.3, -0.25) is 9.59 Å². The van der Waals surface area contributed by atoms with E-state index < -0.39 is 5.91 Å². The molecule has 19 heavy (non-hydrogen) atoms. The van der Waals surface area contributed by atoms with Crippen LogP contribution < -0.4 is 11.1 Å². The van der Waals surface area contributed by atoms with E-state index in [1.807, 2.05) is 6.92 Å². The molecule has 1 aliphatic rings. The van der Waals surface area contributed by atoms with Crippen LogP contribution in [0.1, 0.15) is 46.0 Å². The molecule has 0 aromatic heterocycles. The summed E-state index contributed by atoms with van der Waals surface area (Å²) >= 11 is 0. The van der Waals surface area contributed by atoms with Gasteiger partial charge in [0.25, 0.3) is 0 Å². The summed E-state index contributed by atoms with van der Waals surface area (Å²) in [7, 11) is 0. The Morgan fingerprint density at radius 3 is 2.58 bits per heavy atom. The molecule has 1 fully saturated rings. The van der Waals surface area contributed by atoms with Crippen molar-refractivity contribution in [2.45, 2.75) is 46.0 Å². The molecule has 0 radical (unpaired) electrons. The summed E-state index contributed by atoms with van der Waals surface area (Å²) in [5.74, 6) is -0.339. The van der Waals surface area contributed by atoms with E-state index in [2.05, 4.69) is 12.2 Å². The van der Waals surface area contributed by atoms with E-state index >= 15 is 0 Å². The zero-order valence-electron chi connectivity index (χ0n) is 12.2. The van der Waals surface area contributed by atoms with Crippen molar-refractivity contribution in [2.24, 2.45) is 11.1 Å². The number of carbonyl (C=O) groups excluding carboxylic acids is 2. The van der Waals surface area contributed by atoms with Crippen LogP contribution in [0.5, 0.6) is 0 Å². The monoisotopic (exact) mass is 269 g/mol. The minimum atomic E-state index is -0.431. The summed E-state index contributed by atoms with van der Waals surface area (Å²) in [6, 6.07) is 0. The molecule has 5 nitrogen and oxygen atoms in total. The molecule has 0 aromatic rings. The second-order valence-electron chi connectivity index (χ2n) is 5.46. The quantitative estimate of drug-likeness (QED) is 0.720. The normalized spacial score (nSPS) is 23.1. The van der Waals surface area contributed by atoms with Gasteiger partial charge in [0.05, 0.1) is 12.0 Å². The molecular weight excluding hydrogens is 242 g/mol. The van der Waals surface area contributed by atoms with Gasteiger partial charge in [0.2, 0.25) is 11.8 Å². The fourth-order valence-electron chi connectivity index (χ4n) is 2.73. The zero-order valence-corrected chi connectivity index (χ0v) is 12.2. The van der Waals surface area contributed by atoms with Gasteiger partial charge in [0.1, 0.15) is 0 Å². The number of nitrogens with zero attached hydrogens (tertiary/aromatic N) is 1. The van der Waals surface area contributed by atoms with Gasteiger partial charge in [-0.2, -0.15) is 0 Å². The molecular formula is C14H27N3O2. The number of piperidine rings is 1. The van der Waals surface area contributed by atoms with Crippen molar-refractivity contribution in [1.82, 2.24) is 10.2 Å². The Hall–Kier alpha value is -1.10. The molecule has 1 aliphatic heterocycles. The summed E-state index contributed by atoms with van der Waals surface area (Å²) in [5, 5.41) is 3.31. The van der Waals surface area contributed by atoms with Crippen molar-refractivity contribution in [1.29, 1.82) is 0 Å². The third-order valence-electron chi connectivity index (χ3n) is 4.02. The van der Waals surface area contributed by atoms with Crippen LogP contribution in [-0.4, -0.2) is 42.9 Å². The summed E-state index contributed by atoms with van der Waals surface area (Å²) in [6.07, 6.45) is 4.63. The van der Waals surface area contributed by atoms with Crippen molar-refractivity contribution < 1.29 is 9.59 Å². The number of rotatable bonds is 7. The zero-order chi connectivity index (χ0) is 14.3. The third kappa shape index (κ3) is 4.20. The molecule has 110 valence electrons. The van der Waals surface area contributed by atoms with Crippen molar-refractivity contribution >= 4 is 11.8 Å². The van der Waals surface area contributed by atoms with E-state index in [1.165, 1.54) is 0 Å². The van der Waals surface area contributed by atoms with Gasteiger partial charge in [0, 0.05) is 13.1 Å². The van der Waals surface area contributed by atoms with Crippen molar-refractivity contribution in [2.75, 3.05) is 26.2 Å². The fraction of sp³-hybridized carbons (Fsp3) is 0.857. The predicted molar refractivity (Wildman–Crippen MR) is 75.5 cm³/mol. The lowest BCUT2D eigenvalue weighted by atomic mass is 9.77. The van der Waals surface area contributed by atoms with Crippen LogP contribution in [0, 0.1) is 5.41 Å². The number of amides is 2. The van der Waals surface area contributed by atoms with Crippen LogP contribution >= 0.6 is 0 Å². The van der Waals surface area contributed by atoms with E-state index in [0.717, 1.165) is 38.6 Å². The Labute approximate surface area is 115 Å². The smallest absolute Gasteiger partial charge is 0.237 e. The van der Waals surface area contributed by atoms with E-state index in [1.54, 1.807) is 4.90 Å². The minimum absolute atomic E-state index is 0.0422. The lowest BCUT2D eigenvalue weighted by molar-refractivity contribution is -0.146. The molecule has 0 spiro atoms. The van der Waals surface area contributed by atoms with Crippen LogP contribution in [0.3, 0.4) is 0 Å². The highest BCUT2D eigenvalue weighted by Crippen LogP contribution is 2.32. The van der Waals surface area contributed by atoms with E-state index in [4.69, 9.17) is 5.73 Å². The number of hydrogen-bond donors (Lipinski definition) is 2. The second kappa shape index (κ2) is 7.48. The van der Waals surface area contributed by atoms with Gasteiger partial charge < -0.3 is 16.0 Å². The maximum absolute atomic E-state index is 12.8. The first-order valence-electron chi connectivity index (χ1n) is 7.34. The van der Waals surface area contributed by atoms with E-state index in [0.29, 0.717) is 13.1 Å². The Balaban J connectivity index is 2.79. The molecule has 3 N–H and O–H groups in total. The molecule has 1 rings (SSSR count). The van der Waals surface area contributed by atoms with E-state index in [9.17, 15) is 9.59 Å². The van der Waals surface area contributed by atoms with Gasteiger partial charge in [0.15, 0.2) is 0 Å². The maximum Gasteiger partial charge on any atom is 0.237 e.